The van der Waals surface area contributed by atoms with Crippen LogP contribution < -0.4 is 5.32 Å². The van der Waals surface area contributed by atoms with E-state index in [0.717, 1.165) is 5.56 Å². The first kappa shape index (κ1) is 15.2. The number of hydrogen-bond donors (Lipinski definition) is 3. The third kappa shape index (κ3) is 4.41. The van der Waals surface area contributed by atoms with E-state index in [9.17, 15) is 5.11 Å². The predicted octanol–water partition coefficient (Wildman–Crippen LogP) is 1.89. The monoisotopic (exact) mass is 251 g/mol. The Hall–Kier alpha value is -0.900. The van der Waals surface area contributed by atoms with Crippen molar-refractivity contribution in [1.82, 2.24) is 5.32 Å². The number of benzene rings is 1. The highest BCUT2D eigenvalue weighted by Crippen LogP contribution is 2.20. The molecule has 0 spiro atoms. The van der Waals surface area contributed by atoms with Gasteiger partial charge in [0.25, 0.3) is 0 Å². The molecule has 102 valence electrons. The molecule has 1 aromatic carbocycles. The molecule has 3 heteroatoms. The zero-order chi connectivity index (χ0) is 13.6. The molecule has 3 nitrogen and oxygen atoms in total. The number of aliphatic hydroxyl groups is 2. The Morgan fingerprint density at radius 3 is 2.33 bits per heavy atom. The van der Waals surface area contributed by atoms with Crippen LogP contribution in [0.15, 0.2) is 30.3 Å². The maximum absolute atomic E-state index is 10.5. The lowest BCUT2D eigenvalue weighted by molar-refractivity contribution is 0.0504. The van der Waals surface area contributed by atoms with E-state index in [1.807, 2.05) is 37.3 Å². The highest BCUT2D eigenvalue weighted by atomic mass is 16.3. The summed E-state index contributed by atoms with van der Waals surface area (Å²) in [4.78, 5) is 0. The lowest BCUT2D eigenvalue weighted by atomic mass is 9.94. The molecule has 0 saturated carbocycles. The van der Waals surface area contributed by atoms with Gasteiger partial charge in [-0.25, -0.2) is 0 Å². The van der Waals surface area contributed by atoms with Gasteiger partial charge in [0.1, 0.15) is 0 Å². The van der Waals surface area contributed by atoms with Gasteiger partial charge in [-0.1, -0.05) is 44.2 Å². The van der Waals surface area contributed by atoms with Gasteiger partial charge in [0.15, 0.2) is 0 Å². The normalized spacial score (nSPS) is 16.6. The SMILES string of the molecule is CC(C)C(CCO)NCC(C)(O)c1ccccc1. The molecule has 0 radical (unpaired) electrons. The van der Waals surface area contributed by atoms with Crippen molar-refractivity contribution in [1.29, 1.82) is 0 Å². The average molecular weight is 251 g/mol. The molecule has 0 bridgehead atoms. The summed E-state index contributed by atoms with van der Waals surface area (Å²) in [7, 11) is 0. The lowest BCUT2D eigenvalue weighted by Crippen LogP contribution is -2.43. The van der Waals surface area contributed by atoms with Crippen molar-refractivity contribution >= 4 is 0 Å². The van der Waals surface area contributed by atoms with E-state index in [2.05, 4.69) is 19.2 Å². The number of rotatable bonds is 7. The predicted molar refractivity (Wildman–Crippen MR) is 74.3 cm³/mol. The van der Waals surface area contributed by atoms with Gasteiger partial charge >= 0.3 is 0 Å². The van der Waals surface area contributed by atoms with E-state index in [0.29, 0.717) is 18.9 Å². The number of hydrogen-bond acceptors (Lipinski definition) is 3. The molecule has 0 aliphatic rings. The van der Waals surface area contributed by atoms with Crippen LogP contribution in [0.4, 0.5) is 0 Å². The maximum Gasteiger partial charge on any atom is 0.0992 e. The average Bonchev–Trinajstić information content (AvgIpc) is 2.35. The number of aliphatic hydroxyl groups excluding tert-OH is 1. The highest BCUT2D eigenvalue weighted by molar-refractivity contribution is 5.21. The van der Waals surface area contributed by atoms with Gasteiger partial charge in [-0.05, 0) is 24.8 Å². The van der Waals surface area contributed by atoms with Crippen molar-refractivity contribution < 1.29 is 10.2 Å². The second kappa shape index (κ2) is 6.88. The summed E-state index contributed by atoms with van der Waals surface area (Å²) in [6.07, 6.45) is 0.711. The molecule has 0 aromatic heterocycles. The summed E-state index contributed by atoms with van der Waals surface area (Å²) in [5, 5.41) is 22.8. The van der Waals surface area contributed by atoms with Crippen molar-refractivity contribution in [3.63, 3.8) is 0 Å². The first-order chi connectivity index (χ1) is 8.47. The topological polar surface area (TPSA) is 52.5 Å². The van der Waals surface area contributed by atoms with Gasteiger partial charge in [-0.3, -0.25) is 0 Å². The third-order valence-electron chi connectivity index (χ3n) is 3.35. The molecule has 1 rings (SSSR count). The minimum atomic E-state index is -0.885. The summed E-state index contributed by atoms with van der Waals surface area (Å²) in [5.41, 5.74) is 0.0214. The first-order valence-electron chi connectivity index (χ1n) is 6.59. The summed E-state index contributed by atoms with van der Waals surface area (Å²) in [6, 6.07) is 9.88. The van der Waals surface area contributed by atoms with Gasteiger partial charge in [0, 0.05) is 19.2 Å². The van der Waals surface area contributed by atoms with Gasteiger partial charge in [0.2, 0.25) is 0 Å². The van der Waals surface area contributed by atoms with Crippen LogP contribution in [0.25, 0.3) is 0 Å². The van der Waals surface area contributed by atoms with Crippen molar-refractivity contribution in [2.24, 2.45) is 5.92 Å². The van der Waals surface area contributed by atoms with Crippen LogP contribution in [0.5, 0.6) is 0 Å². The second-order valence-corrected chi connectivity index (χ2v) is 5.38. The molecule has 0 heterocycles. The Bertz CT molecular complexity index is 336. The van der Waals surface area contributed by atoms with Gasteiger partial charge < -0.3 is 15.5 Å². The summed E-state index contributed by atoms with van der Waals surface area (Å²) in [5.74, 6) is 0.434. The van der Waals surface area contributed by atoms with Crippen LogP contribution >= 0.6 is 0 Å². The molecule has 2 unspecified atom stereocenters. The summed E-state index contributed by atoms with van der Waals surface area (Å²) in [6.45, 7) is 6.70. The smallest absolute Gasteiger partial charge is 0.0992 e. The Kier molecular flexibility index (Phi) is 5.79. The van der Waals surface area contributed by atoms with Crippen LogP contribution in [-0.2, 0) is 5.60 Å². The van der Waals surface area contributed by atoms with Crippen molar-refractivity contribution in [2.45, 2.75) is 38.8 Å². The van der Waals surface area contributed by atoms with E-state index >= 15 is 0 Å². The second-order valence-electron chi connectivity index (χ2n) is 5.38. The fraction of sp³-hybridized carbons (Fsp3) is 0.600. The highest BCUT2D eigenvalue weighted by Gasteiger charge is 2.24. The first-order valence-corrected chi connectivity index (χ1v) is 6.59. The molecule has 0 aliphatic carbocycles. The van der Waals surface area contributed by atoms with E-state index in [4.69, 9.17) is 5.11 Å². The summed E-state index contributed by atoms with van der Waals surface area (Å²) >= 11 is 0. The van der Waals surface area contributed by atoms with Crippen molar-refractivity contribution in [2.75, 3.05) is 13.2 Å². The molecule has 0 saturated heterocycles. The van der Waals surface area contributed by atoms with E-state index < -0.39 is 5.60 Å². The standard InChI is InChI=1S/C15H25NO2/c1-12(2)14(9-10-17)16-11-15(3,18)13-7-5-4-6-8-13/h4-8,12,14,16-18H,9-11H2,1-3H3. The Labute approximate surface area is 110 Å². The van der Waals surface area contributed by atoms with E-state index in [-0.39, 0.29) is 12.6 Å². The van der Waals surface area contributed by atoms with Crippen LogP contribution in [0.1, 0.15) is 32.8 Å². The van der Waals surface area contributed by atoms with Crippen LogP contribution in [0.2, 0.25) is 0 Å². The third-order valence-corrected chi connectivity index (χ3v) is 3.35. The van der Waals surface area contributed by atoms with Gasteiger partial charge in [-0.2, -0.15) is 0 Å². The van der Waals surface area contributed by atoms with Gasteiger partial charge in [-0.15, -0.1) is 0 Å². The molecular weight excluding hydrogens is 226 g/mol. The van der Waals surface area contributed by atoms with Crippen LogP contribution in [0.3, 0.4) is 0 Å². The fourth-order valence-electron chi connectivity index (χ4n) is 2.04. The molecule has 1 aromatic rings. The Balaban J connectivity index is 2.60. The number of nitrogens with one attached hydrogen (secondary N) is 1. The summed E-state index contributed by atoms with van der Waals surface area (Å²) < 4.78 is 0. The largest absolute Gasteiger partial charge is 0.396 e. The molecule has 2 atom stereocenters. The molecule has 3 N–H and O–H groups in total. The minimum Gasteiger partial charge on any atom is -0.396 e. The van der Waals surface area contributed by atoms with Crippen LogP contribution in [-0.4, -0.2) is 29.4 Å². The van der Waals surface area contributed by atoms with E-state index in [1.54, 1.807) is 0 Å². The van der Waals surface area contributed by atoms with E-state index in [1.165, 1.54) is 0 Å². The molecule has 18 heavy (non-hydrogen) atoms. The van der Waals surface area contributed by atoms with Crippen LogP contribution in [0, 0.1) is 5.92 Å². The molecule has 0 amide bonds. The fourth-order valence-corrected chi connectivity index (χ4v) is 2.04. The lowest BCUT2D eigenvalue weighted by Gasteiger charge is -2.29. The molecule has 0 fully saturated rings. The minimum absolute atomic E-state index is 0.170. The Morgan fingerprint density at radius 2 is 1.83 bits per heavy atom. The van der Waals surface area contributed by atoms with Gasteiger partial charge in [0.05, 0.1) is 5.60 Å². The molecular formula is C15H25NO2. The maximum atomic E-state index is 10.5. The quantitative estimate of drug-likeness (QED) is 0.693. The zero-order valence-electron chi connectivity index (χ0n) is 11.6. The molecule has 0 aliphatic heterocycles. The van der Waals surface area contributed by atoms with Crippen molar-refractivity contribution in [3.05, 3.63) is 35.9 Å². The Morgan fingerprint density at radius 1 is 1.22 bits per heavy atom. The van der Waals surface area contributed by atoms with Crippen molar-refractivity contribution in [3.8, 4) is 0 Å². The zero-order valence-corrected chi connectivity index (χ0v) is 11.6.